The molecule has 1 saturated carbocycles. The smallest absolute Gasteiger partial charge is 0.191 e. The molecule has 0 atom stereocenters. The van der Waals surface area contributed by atoms with Crippen molar-refractivity contribution in [1.29, 1.82) is 0 Å². The fraction of sp³-hybridized carbons (Fsp3) is 0.458. The van der Waals surface area contributed by atoms with Crippen LogP contribution in [0.4, 0.5) is 0 Å². The van der Waals surface area contributed by atoms with Gasteiger partial charge in [-0.2, -0.15) is 0 Å². The van der Waals surface area contributed by atoms with Crippen LogP contribution in [0.1, 0.15) is 36.8 Å². The van der Waals surface area contributed by atoms with Crippen LogP contribution in [0.15, 0.2) is 59.6 Å². The highest BCUT2D eigenvalue weighted by Gasteiger charge is 2.36. The van der Waals surface area contributed by atoms with E-state index in [-0.39, 0.29) is 0 Å². The highest BCUT2D eigenvalue weighted by molar-refractivity contribution is 5.79. The molecule has 2 aromatic rings. The lowest BCUT2D eigenvalue weighted by molar-refractivity contribution is 0.0732. The minimum Gasteiger partial charge on any atom is -0.489 e. The number of aliphatic imine (C=N–C) groups is 1. The summed E-state index contributed by atoms with van der Waals surface area (Å²) in [5.41, 5.74) is 2.74. The first-order chi connectivity index (χ1) is 14.2. The summed E-state index contributed by atoms with van der Waals surface area (Å²) in [6.45, 7) is 3.09. The first-order valence-electron chi connectivity index (χ1n) is 10.4. The number of rotatable bonds is 10. The summed E-state index contributed by atoms with van der Waals surface area (Å²) in [4.78, 5) is 4.37. The molecule has 0 amide bonds. The van der Waals surface area contributed by atoms with Gasteiger partial charge < -0.3 is 20.1 Å². The molecule has 5 nitrogen and oxygen atoms in total. The molecule has 0 unspecified atom stereocenters. The molecular formula is C24H33N3O2. The summed E-state index contributed by atoms with van der Waals surface area (Å²) in [5, 5.41) is 6.92. The molecule has 0 aliphatic heterocycles. The highest BCUT2D eigenvalue weighted by atomic mass is 16.5. The first kappa shape index (κ1) is 21.2. The van der Waals surface area contributed by atoms with Crippen molar-refractivity contribution in [2.75, 3.05) is 27.3 Å². The van der Waals surface area contributed by atoms with Gasteiger partial charge in [-0.15, -0.1) is 0 Å². The maximum atomic E-state index is 5.80. The van der Waals surface area contributed by atoms with Crippen LogP contribution >= 0.6 is 0 Å². The molecule has 1 aliphatic carbocycles. The molecule has 156 valence electrons. The Labute approximate surface area is 174 Å². The van der Waals surface area contributed by atoms with Gasteiger partial charge >= 0.3 is 0 Å². The van der Waals surface area contributed by atoms with Crippen LogP contribution in [0.5, 0.6) is 5.75 Å². The molecule has 2 aromatic carbocycles. The Morgan fingerprint density at radius 1 is 1.00 bits per heavy atom. The summed E-state index contributed by atoms with van der Waals surface area (Å²) >= 11 is 0. The molecule has 0 radical (unpaired) electrons. The number of guanidine groups is 1. The van der Waals surface area contributed by atoms with Crippen molar-refractivity contribution in [3.05, 3.63) is 65.7 Å². The second-order valence-corrected chi connectivity index (χ2v) is 7.79. The van der Waals surface area contributed by atoms with Crippen molar-refractivity contribution in [3.63, 3.8) is 0 Å². The van der Waals surface area contributed by atoms with E-state index in [4.69, 9.17) is 9.47 Å². The third-order valence-corrected chi connectivity index (χ3v) is 5.74. The lowest BCUT2D eigenvalue weighted by atomic mass is 9.67. The van der Waals surface area contributed by atoms with Crippen LogP contribution in [-0.2, 0) is 17.9 Å². The normalized spacial score (nSPS) is 15.4. The van der Waals surface area contributed by atoms with Crippen LogP contribution in [0.3, 0.4) is 0 Å². The maximum Gasteiger partial charge on any atom is 0.191 e. The standard InChI is InChI=1S/C24H33N3O2/c1-25-23(27-19-24(13-6-14-24)15-16-28-2)26-17-20-9-11-21(12-10-20)18-29-22-7-4-3-5-8-22/h3-5,7-12H,6,13-19H2,1-2H3,(H2,25,26,27). The van der Waals surface area contributed by atoms with Crippen molar-refractivity contribution in [1.82, 2.24) is 10.6 Å². The lowest BCUT2D eigenvalue weighted by Crippen LogP contribution is -2.46. The molecule has 0 saturated heterocycles. The van der Waals surface area contributed by atoms with E-state index >= 15 is 0 Å². The van der Waals surface area contributed by atoms with E-state index in [1.807, 2.05) is 37.4 Å². The van der Waals surface area contributed by atoms with Crippen molar-refractivity contribution >= 4 is 5.96 Å². The molecule has 0 heterocycles. The minimum atomic E-state index is 0.369. The zero-order valence-electron chi connectivity index (χ0n) is 17.6. The number of hydrogen-bond donors (Lipinski definition) is 2. The Morgan fingerprint density at radius 2 is 1.72 bits per heavy atom. The highest BCUT2D eigenvalue weighted by Crippen LogP contribution is 2.43. The lowest BCUT2D eigenvalue weighted by Gasteiger charge is -2.42. The average Bonchev–Trinajstić information content (AvgIpc) is 2.74. The van der Waals surface area contributed by atoms with Gasteiger partial charge in [0.15, 0.2) is 5.96 Å². The van der Waals surface area contributed by atoms with E-state index < -0.39 is 0 Å². The molecule has 1 aliphatic rings. The van der Waals surface area contributed by atoms with Crippen LogP contribution in [0.25, 0.3) is 0 Å². The summed E-state index contributed by atoms with van der Waals surface area (Å²) in [6.07, 6.45) is 4.97. The van der Waals surface area contributed by atoms with E-state index in [0.29, 0.717) is 12.0 Å². The van der Waals surface area contributed by atoms with E-state index in [2.05, 4.69) is 39.9 Å². The van der Waals surface area contributed by atoms with Gasteiger partial charge in [-0.25, -0.2) is 0 Å². The van der Waals surface area contributed by atoms with Gasteiger partial charge in [0.05, 0.1) is 0 Å². The number of nitrogens with one attached hydrogen (secondary N) is 2. The molecule has 0 aromatic heterocycles. The van der Waals surface area contributed by atoms with E-state index in [1.165, 1.54) is 24.8 Å². The van der Waals surface area contributed by atoms with Crippen molar-refractivity contribution in [2.24, 2.45) is 10.4 Å². The van der Waals surface area contributed by atoms with Crippen molar-refractivity contribution in [3.8, 4) is 5.75 Å². The van der Waals surface area contributed by atoms with Crippen LogP contribution in [-0.4, -0.2) is 33.3 Å². The Hall–Kier alpha value is -2.53. The molecule has 3 rings (SSSR count). The number of ether oxygens (including phenoxy) is 2. The average molecular weight is 396 g/mol. The number of hydrogen-bond acceptors (Lipinski definition) is 3. The predicted octanol–water partition coefficient (Wildman–Crippen LogP) is 4.14. The Balaban J connectivity index is 1.42. The predicted molar refractivity (Wildman–Crippen MR) is 118 cm³/mol. The van der Waals surface area contributed by atoms with E-state index in [1.54, 1.807) is 7.11 Å². The quantitative estimate of drug-likeness (QED) is 0.469. The Bertz CT molecular complexity index is 755. The van der Waals surface area contributed by atoms with Gasteiger partial charge in [-0.3, -0.25) is 4.99 Å². The Kier molecular flexibility index (Phi) is 7.94. The molecular weight excluding hydrogens is 362 g/mol. The molecule has 29 heavy (non-hydrogen) atoms. The molecule has 5 heteroatoms. The second-order valence-electron chi connectivity index (χ2n) is 7.79. The molecule has 2 N–H and O–H groups in total. The molecule has 1 fully saturated rings. The fourth-order valence-electron chi connectivity index (χ4n) is 3.62. The summed E-state index contributed by atoms with van der Waals surface area (Å²) in [5.74, 6) is 1.74. The second kappa shape index (κ2) is 10.9. The fourth-order valence-corrected chi connectivity index (χ4v) is 3.62. The van der Waals surface area contributed by atoms with Gasteiger partial charge in [0.1, 0.15) is 12.4 Å². The van der Waals surface area contributed by atoms with E-state index in [9.17, 15) is 0 Å². The van der Waals surface area contributed by atoms with Crippen molar-refractivity contribution < 1.29 is 9.47 Å². The minimum absolute atomic E-state index is 0.369. The monoisotopic (exact) mass is 395 g/mol. The zero-order chi connectivity index (χ0) is 20.4. The molecule has 0 bridgehead atoms. The van der Waals surface area contributed by atoms with Gasteiger partial charge in [-0.1, -0.05) is 48.9 Å². The van der Waals surface area contributed by atoms with E-state index in [0.717, 1.165) is 43.4 Å². The molecule has 0 spiro atoms. The van der Waals surface area contributed by atoms with Gasteiger partial charge in [0.25, 0.3) is 0 Å². The number of benzene rings is 2. The zero-order valence-corrected chi connectivity index (χ0v) is 17.6. The summed E-state index contributed by atoms with van der Waals surface area (Å²) in [6, 6.07) is 18.4. The summed E-state index contributed by atoms with van der Waals surface area (Å²) < 4.78 is 11.1. The van der Waals surface area contributed by atoms with Gasteiger partial charge in [0, 0.05) is 33.9 Å². The van der Waals surface area contributed by atoms with Gasteiger partial charge in [-0.05, 0) is 47.9 Å². The third kappa shape index (κ3) is 6.50. The summed E-state index contributed by atoms with van der Waals surface area (Å²) in [7, 11) is 3.60. The van der Waals surface area contributed by atoms with Crippen LogP contribution in [0.2, 0.25) is 0 Å². The van der Waals surface area contributed by atoms with Gasteiger partial charge in [0.2, 0.25) is 0 Å². The maximum absolute atomic E-state index is 5.80. The van der Waals surface area contributed by atoms with Crippen molar-refractivity contribution in [2.45, 2.75) is 38.8 Å². The first-order valence-corrected chi connectivity index (χ1v) is 10.4. The number of para-hydroxylation sites is 1. The van der Waals surface area contributed by atoms with Crippen LogP contribution < -0.4 is 15.4 Å². The largest absolute Gasteiger partial charge is 0.489 e. The Morgan fingerprint density at radius 3 is 2.34 bits per heavy atom. The topological polar surface area (TPSA) is 54.9 Å². The third-order valence-electron chi connectivity index (χ3n) is 5.74. The number of methoxy groups -OCH3 is 1. The SMILES string of the molecule is CN=C(NCc1ccc(COc2ccccc2)cc1)NCC1(CCOC)CCC1. The van der Waals surface area contributed by atoms with Crippen LogP contribution in [0, 0.1) is 5.41 Å². The number of nitrogens with zero attached hydrogens (tertiary/aromatic N) is 1.